The van der Waals surface area contributed by atoms with Crippen LogP contribution < -0.4 is 12.4 Å². The Morgan fingerprint density at radius 1 is 0.818 bits per heavy atom. The lowest BCUT2D eigenvalue weighted by molar-refractivity contribution is -0.536. The zero-order valence-electron chi connectivity index (χ0n) is 12.9. The molecule has 6 N–H and O–H groups in total. The van der Waals surface area contributed by atoms with Crippen molar-refractivity contribution < 1.29 is 38.1 Å². The van der Waals surface area contributed by atoms with Gasteiger partial charge in [-0.1, -0.05) is 6.08 Å². The van der Waals surface area contributed by atoms with Crippen LogP contribution in [0, 0.1) is 0 Å². The molecule has 0 amide bonds. The Morgan fingerprint density at radius 3 is 1.95 bits per heavy atom. The Hall–Kier alpha value is -0.920. The maximum absolute atomic E-state index is 9.41. The molecule has 7 heteroatoms. The molecule has 130 valence electrons. The number of allylic oxidation sites excluding steroid dienone is 3. The maximum Gasteiger partial charge on any atom is 0.163 e. The molecule has 2 fully saturated rings. The Morgan fingerprint density at radius 2 is 1.36 bits per heavy atom. The van der Waals surface area contributed by atoms with Gasteiger partial charge in [-0.05, 0) is 25.1 Å². The van der Waals surface area contributed by atoms with Gasteiger partial charge in [-0.2, -0.15) is 0 Å². The number of aliphatic hydroxyl groups is 2. The number of rotatable bonds is 3. The molecule has 0 unspecified atom stereocenters. The first-order chi connectivity index (χ1) is 9.24. The molecular formula is C15H29ClN2O4. The van der Waals surface area contributed by atoms with Gasteiger partial charge < -0.3 is 38.5 Å². The highest BCUT2D eigenvalue weighted by atomic mass is 35.5. The summed E-state index contributed by atoms with van der Waals surface area (Å²) in [5.74, 6) is 0. The minimum absolute atomic E-state index is 0. The fraction of sp³-hybridized carbons (Fsp3) is 0.667. The predicted molar refractivity (Wildman–Crippen MR) is 83.6 cm³/mol. The van der Waals surface area contributed by atoms with Gasteiger partial charge in [0, 0.05) is 32.0 Å². The van der Waals surface area contributed by atoms with Crippen molar-refractivity contribution in [3.63, 3.8) is 0 Å². The van der Waals surface area contributed by atoms with E-state index in [0.717, 1.165) is 51.9 Å². The molecule has 6 nitrogen and oxygen atoms in total. The van der Waals surface area contributed by atoms with Crippen molar-refractivity contribution in [1.29, 1.82) is 0 Å². The van der Waals surface area contributed by atoms with Crippen LogP contribution >= 0.6 is 0 Å². The minimum Gasteiger partial charge on any atom is -1.00 e. The van der Waals surface area contributed by atoms with Crippen LogP contribution in [0.1, 0.15) is 25.7 Å². The van der Waals surface area contributed by atoms with E-state index in [9.17, 15) is 10.2 Å². The van der Waals surface area contributed by atoms with E-state index in [1.807, 2.05) is 18.2 Å². The van der Waals surface area contributed by atoms with E-state index < -0.39 is 0 Å². The molecule has 2 rings (SSSR count). The van der Waals surface area contributed by atoms with Crippen LogP contribution in [0.4, 0.5) is 0 Å². The molecular weight excluding hydrogens is 308 g/mol. The summed E-state index contributed by atoms with van der Waals surface area (Å²) in [6.45, 7) is 3.77. The molecule has 2 saturated heterocycles. The molecule has 0 aliphatic carbocycles. The third-order valence-electron chi connectivity index (χ3n) is 3.81. The van der Waals surface area contributed by atoms with Crippen molar-refractivity contribution in [3.8, 4) is 0 Å². The average molecular weight is 337 g/mol. The van der Waals surface area contributed by atoms with Crippen LogP contribution in [0.15, 0.2) is 24.4 Å². The first kappa shape index (κ1) is 23.3. The molecule has 2 aliphatic rings. The second kappa shape index (κ2) is 12.6. The van der Waals surface area contributed by atoms with Gasteiger partial charge in [-0.15, -0.1) is 0 Å². The van der Waals surface area contributed by atoms with Crippen LogP contribution in [0.3, 0.4) is 0 Å². The standard InChI is InChI=1S/C15H25N2O2.ClH.2H2O/c18-14-4-10-16(11-5-14)8-2-1-3-9-17-12-6-15(19)7-13-17;;;/h1-3,8-9,14-15,18-19H,4-7,10-13H2;1H;2*1H2/q+1;;;/p-1. The first-order valence-corrected chi connectivity index (χ1v) is 7.26. The van der Waals surface area contributed by atoms with Crippen molar-refractivity contribution in [2.75, 3.05) is 26.2 Å². The highest BCUT2D eigenvalue weighted by molar-refractivity contribution is 5.66. The highest BCUT2D eigenvalue weighted by Gasteiger charge is 2.17. The fourth-order valence-electron chi connectivity index (χ4n) is 2.48. The van der Waals surface area contributed by atoms with E-state index >= 15 is 0 Å². The number of halogens is 1. The molecule has 0 bridgehead atoms. The van der Waals surface area contributed by atoms with Crippen LogP contribution in [0.5, 0.6) is 0 Å². The van der Waals surface area contributed by atoms with Gasteiger partial charge in [0.1, 0.15) is 13.1 Å². The molecule has 0 aromatic rings. The van der Waals surface area contributed by atoms with Crippen molar-refractivity contribution in [3.05, 3.63) is 24.4 Å². The lowest BCUT2D eigenvalue weighted by Gasteiger charge is -2.28. The minimum atomic E-state index is -0.108. The molecule has 2 heterocycles. The van der Waals surface area contributed by atoms with Crippen molar-refractivity contribution in [2.24, 2.45) is 0 Å². The fourth-order valence-corrected chi connectivity index (χ4v) is 2.48. The van der Waals surface area contributed by atoms with Crippen LogP contribution in [-0.4, -0.2) is 75.2 Å². The quantitative estimate of drug-likeness (QED) is 0.406. The summed E-state index contributed by atoms with van der Waals surface area (Å²) in [6.07, 6.45) is 13.6. The molecule has 0 aromatic heterocycles. The zero-order valence-corrected chi connectivity index (χ0v) is 13.6. The van der Waals surface area contributed by atoms with Gasteiger partial charge in [-0.3, -0.25) is 0 Å². The summed E-state index contributed by atoms with van der Waals surface area (Å²) in [7, 11) is 0. The van der Waals surface area contributed by atoms with Gasteiger partial charge in [0.2, 0.25) is 0 Å². The van der Waals surface area contributed by atoms with E-state index in [4.69, 9.17) is 0 Å². The van der Waals surface area contributed by atoms with E-state index in [-0.39, 0.29) is 35.6 Å². The molecule has 22 heavy (non-hydrogen) atoms. The monoisotopic (exact) mass is 336 g/mol. The Kier molecular flexibility index (Phi) is 13.4. The van der Waals surface area contributed by atoms with E-state index in [2.05, 4.69) is 21.9 Å². The highest BCUT2D eigenvalue weighted by Crippen LogP contribution is 2.09. The average Bonchev–Trinajstić information content (AvgIpc) is 2.43. The molecule has 2 aliphatic heterocycles. The summed E-state index contributed by atoms with van der Waals surface area (Å²) in [6, 6.07) is 0. The Bertz CT molecular complexity index is 357. The normalized spacial score (nSPS) is 22.9. The Balaban J connectivity index is 0. The van der Waals surface area contributed by atoms with Crippen molar-refractivity contribution >= 4 is 6.21 Å². The summed E-state index contributed by atoms with van der Waals surface area (Å²) >= 11 is 0. The summed E-state index contributed by atoms with van der Waals surface area (Å²) in [4.78, 5) is 2.24. The SMILES string of the molecule is O.O.OC1CCN(C=CC=CC=[N+]2CCC(O)CC2)CC1.[Cl-]. The smallest absolute Gasteiger partial charge is 0.163 e. The van der Waals surface area contributed by atoms with E-state index in [1.165, 1.54) is 0 Å². The summed E-state index contributed by atoms with van der Waals surface area (Å²) < 4.78 is 2.24. The Labute approximate surface area is 138 Å². The number of piperidine rings is 2. The van der Waals surface area contributed by atoms with Gasteiger partial charge in [0.05, 0.1) is 12.2 Å². The number of nitrogens with zero attached hydrogens (tertiary/aromatic N) is 2. The lowest BCUT2D eigenvalue weighted by atomic mass is 10.1. The molecule has 0 radical (unpaired) electrons. The van der Waals surface area contributed by atoms with E-state index in [0.29, 0.717) is 0 Å². The number of likely N-dealkylation sites (tertiary alicyclic amines) is 1. The molecule has 0 saturated carbocycles. The predicted octanol–water partition coefficient (Wildman–Crippen LogP) is -3.89. The zero-order chi connectivity index (χ0) is 13.5. The number of hydrogen-bond donors (Lipinski definition) is 2. The lowest BCUT2D eigenvalue weighted by Crippen LogP contribution is -3.00. The van der Waals surface area contributed by atoms with Crippen LogP contribution in [0.2, 0.25) is 0 Å². The molecule has 0 aromatic carbocycles. The van der Waals surface area contributed by atoms with Gasteiger partial charge in [0.15, 0.2) is 6.21 Å². The van der Waals surface area contributed by atoms with E-state index in [1.54, 1.807) is 0 Å². The molecule has 0 atom stereocenters. The van der Waals surface area contributed by atoms with Gasteiger partial charge in [-0.25, -0.2) is 4.58 Å². The largest absolute Gasteiger partial charge is 1.00 e. The maximum atomic E-state index is 9.41. The third kappa shape index (κ3) is 8.51. The first-order valence-electron chi connectivity index (χ1n) is 7.26. The third-order valence-corrected chi connectivity index (χ3v) is 3.81. The number of hydrogen-bond acceptors (Lipinski definition) is 3. The van der Waals surface area contributed by atoms with Gasteiger partial charge in [0.25, 0.3) is 0 Å². The molecule has 0 spiro atoms. The summed E-state index contributed by atoms with van der Waals surface area (Å²) in [5, 5.41) is 18.8. The van der Waals surface area contributed by atoms with Crippen LogP contribution in [-0.2, 0) is 0 Å². The number of aliphatic hydroxyl groups excluding tert-OH is 2. The van der Waals surface area contributed by atoms with Gasteiger partial charge >= 0.3 is 0 Å². The second-order valence-corrected chi connectivity index (χ2v) is 5.41. The topological polar surface area (TPSA) is 110 Å². The van der Waals surface area contributed by atoms with Crippen LogP contribution in [0.25, 0.3) is 0 Å². The van der Waals surface area contributed by atoms with Crippen molar-refractivity contribution in [2.45, 2.75) is 37.9 Å². The summed E-state index contributed by atoms with van der Waals surface area (Å²) in [5.41, 5.74) is 0. The van der Waals surface area contributed by atoms with Crippen molar-refractivity contribution in [1.82, 2.24) is 4.90 Å². The second-order valence-electron chi connectivity index (χ2n) is 5.41.